The van der Waals surface area contributed by atoms with Crippen LogP contribution in [0.2, 0.25) is 0 Å². The van der Waals surface area contributed by atoms with E-state index in [4.69, 9.17) is 0 Å². The molecule has 0 saturated heterocycles. The molecule has 11 aliphatic carbocycles. The minimum Gasteiger partial charge on any atom is -0.0803 e. The van der Waals surface area contributed by atoms with Gasteiger partial charge in [0.05, 0.1) is 0 Å². The maximum atomic E-state index is 2.42. The van der Waals surface area contributed by atoms with Crippen LogP contribution < -0.4 is 0 Å². The van der Waals surface area contributed by atoms with Crippen LogP contribution >= 0.6 is 0 Å². The van der Waals surface area contributed by atoms with Crippen LogP contribution in [0.5, 0.6) is 0 Å². The van der Waals surface area contributed by atoms with Crippen LogP contribution in [0.25, 0.3) is 17.7 Å². The highest BCUT2D eigenvalue weighted by Gasteiger charge is 2.22. The Hall–Kier alpha value is -6.24. The number of benzene rings is 3. The zero-order valence-corrected chi connectivity index (χ0v) is 55.8. The van der Waals surface area contributed by atoms with E-state index in [1.807, 2.05) is 13.8 Å². The molecular weight excluding hydrogens is 1020 g/mol. The standard InChI is InChI=1S/C12H16.C12H14.3C12H16.C12H14.C11H12.C2H6/c2*1-9(2)11-7-3-5-10-6-4-8-12(10)11;3*1-9(2)11-7-6-10-4-3-5-12(10)8-11;1-9(2)12-7-10-5-3-4-6-11(10)8-12;1-2-9-7-8-10-5-3-4-6-11(9)10;1-2/h4,7-9H,3,5-6H2,1-2H3;3-7,9H,8H2,1-2H3;2*3,5,8-9H,4,6-7H2,1-2H3;3-4,6-7,9,11H,5,8H2,1-2H3;3-7,9H,8H2,1-2H3;3-7H,2,8H2,1H3;1-2H3. The third-order valence-electron chi connectivity index (χ3n) is 18.8. The maximum absolute atomic E-state index is 2.42. The third-order valence-corrected chi connectivity index (χ3v) is 18.8. The van der Waals surface area contributed by atoms with Crippen molar-refractivity contribution in [3.8, 4) is 0 Å². The second-order valence-corrected chi connectivity index (χ2v) is 26.6. The summed E-state index contributed by atoms with van der Waals surface area (Å²) in [6.07, 6.45) is 57.7. The summed E-state index contributed by atoms with van der Waals surface area (Å²) in [5, 5.41) is 0. The molecule has 0 radical (unpaired) electrons. The molecule has 0 aliphatic heterocycles. The van der Waals surface area contributed by atoms with E-state index < -0.39 is 0 Å². The number of allylic oxidation sites excluding steroid dienone is 28. The van der Waals surface area contributed by atoms with Crippen molar-refractivity contribution in [3.05, 3.63) is 264 Å². The van der Waals surface area contributed by atoms with Crippen LogP contribution in [-0.4, -0.2) is 0 Å². The molecule has 450 valence electrons. The Morgan fingerprint density at radius 3 is 1.60 bits per heavy atom. The van der Waals surface area contributed by atoms with Crippen molar-refractivity contribution in [2.24, 2.45) is 35.5 Å². The highest BCUT2D eigenvalue weighted by Crippen LogP contribution is 2.39. The first-order valence-electron chi connectivity index (χ1n) is 33.8. The molecular formula is C85H110. The summed E-state index contributed by atoms with van der Waals surface area (Å²) < 4.78 is 0. The summed E-state index contributed by atoms with van der Waals surface area (Å²) in [5.41, 5.74) is 30.9. The van der Waals surface area contributed by atoms with Gasteiger partial charge in [-0.05, 0) is 210 Å². The van der Waals surface area contributed by atoms with Gasteiger partial charge in [0.2, 0.25) is 0 Å². The van der Waals surface area contributed by atoms with Crippen molar-refractivity contribution in [1.82, 2.24) is 0 Å². The molecule has 0 bridgehead atoms. The van der Waals surface area contributed by atoms with Crippen LogP contribution in [-0.2, 0) is 19.3 Å². The van der Waals surface area contributed by atoms with Gasteiger partial charge >= 0.3 is 0 Å². The molecule has 1 unspecified atom stereocenters. The summed E-state index contributed by atoms with van der Waals surface area (Å²) in [4.78, 5) is 0. The van der Waals surface area contributed by atoms with E-state index in [-0.39, 0.29) is 0 Å². The lowest BCUT2D eigenvalue weighted by Gasteiger charge is -2.21. The largest absolute Gasteiger partial charge is 0.0803 e. The lowest BCUT2D eigenvalue weighted by Crippen LogP contribution is -2.09. The molecule has 0 fully saturated rings. The van der Waals surface area contributed by atoms with E-state index in [1.165, 1.54) is 132 Å². The Kier molecular flexibility index (Phi) is 25.8. The first-order chi connectivity index (χ1) is 41.1. The van der Waals surface area contributed by atoms with Crippen molar-refractivity contribution in [3.63, 3.8) is 0 Å². The molecule has 3 aromatic carbocycles. The molecule has 0 amide bonds. The molecule has 11 aliphatic rings. The first-order valence-corrected chi connectivity index (χ1v) is 33.8. The molecule has 0 N–H and O–H groups in total. The maximum Gasteiger partial charge on any atom is -0.00553 e. The van der Waals surface area contributed by atoms with E-state index in [9.17, 15) is 0 Å². The van der Waals surface area contributed by atoms with E-state index in [0.29, 0.717) is 17.8 Å². The lowest BCUT2D eigenvalue weighted by atomic mass is 9.84. The Bertz CT molecular complexity index is 3180. The van der Waals surface area contributed by atoms with Gasteiger partial charge in [0, 0.05) is 0 Å². The Labute approximate surface area is 520 Å². The smallest absolute Gasteiger partial charge is 0.00553 e. The fourth-order valence-electron chi connectivity index (χ4n) is 13.3. The Balaban J connectivity index is 0.000000141. The van der Waals surface area contributed by atoms with Crippen LogP contribution in [0.4, 0.5) is 0 Å². The van der Waals surface area contributed by atoms with Crippen LogP contribution in [0.15, 0.2) is 225 Å². The number of hydrogen-bond donors (Lipinski definition) is 0. The lowest BCUT2D eigenvalue weighted by molar-refractivity contribution is 0.455. The molecule has 0 nitrogen and oxygen atoms in total. The molecule has 1 atom stereocenters. The van der Waals surface area contributed by atoms with Gasteiger partial charge in [0.1, 0.15) is 0 Å². The van der Waals surface area contributed by atoms with E-state index >= 15 is 0 Å². The zero-order chi connectivity index (χ0) is 61.0. The average molecular weight is 1130 g/mol. The van der Waals surface area contributed by atoms with Crippen molar-refractivity contribution in [2.75, 3.05) is 0 Å². The number of rotatable bonds is 7. The molecule has 0 heterocycles. The van der Waals surface area contributed by atoms with E-state index in [1.54, 1.807) is 50.2 Å². The third kappa shape index (κ3) is 18.4. The highest BCUT2D eigenvalue weighted by molar-refractivity contribution is 5.72. The van der Waals surface area contributed by atoms with E-state index in [2.05, 4.69) is 260 Å². The van der Waals surface area contributed by atoms with Gasteiger partial charge in [-0.15, -0.1) is 0 Å². The summed E-state index contributed by atoms with van der Waals surface area (Å²) in [6.45, 7) is 33.6. The topological polar surface area (TPSA) is 0 Å². The van der Waals surface area contributed by atoms with Crippen molar-refractivity contribution >= 4 is 17.7 Å². The van der Waals surface area contributed by atoms with Crippen LogP contribution in [0.3, 0.4) is 0 Å². The van der Waals surface area contributed by atoms with Gasteiger partial charge in [-0.1, -0.05) is 313 Å². The monoisotopic (exact) mass is 1130 g/mol. The fraction of sp³-hybridized carbons (Fsp3) is 0.435. The molecule has 0 saturated carbocycles. The molecule has 85 heavy (non-hydrogen) atoms. The highest BCUT2D eigenvalue weighted by atomic mass is 14.3. The van der Waals surface area contributed by atoms with Crippen molar-refractivity contribution in [1.29, 1.82) is 0 Å². The quantitative estimate of drug-likeness (QED) is 0.221. The fourth-order valence-corrected chi connectivity index (χ4v) is 13.3. The SMILES string of the molecule is CC.CC(C)C1=CC2=C(CC=C2)CC1.CC(C)C1=CC2=C(CC=C2)CC1.CC(C)C1=CCCC2=C1C=CC2.CC(C)C1=Cc2ccccc2C1.CC(C)C1C=CC2=C(CC=C2)C1.CC(C)c1cccc2c1CC=C2.CCC1=CCc2ccccc21. The van der Waals surface area contributed by atoms with Crippen molar-refractivity contribution in [2.45, 2.75) is 206 Å². The van der Waals surface area contributed by atoms with Gasteiger partial charge in [-0.25, -0.2) is 0 Å². The summed E-state index contributed by atoms with van der Waals surface area (Å²) >= 11 is 0. The predicted octanol–water partition coefficient (Wildman–Crippen LogP) is 25.1. The molecule has 0 aromatic heterocycles. The molecule has 14 rings (SSSR count). The van der Waals surface area contributed by atoms with Crippen LogP contribution in [0.1, 0.15) is 226 Å². The number of fused-ring (bicyclic) bond motifs is 3. The molecule has 3 aromatic rings. The minimum atomic E-state index is 0.653. The van der Waals surface area contributed by atoms with Gasteiger partial charge in [0.15, 0.2) is 0 Å². The van der Waals surface area contributed by atoms with Gasteiger partial charge in [-0.2, -0.15) is 0 Å². The Morgan fingerprint density at radius 1 is 0.435 bits per heavy atom. The summed E-state index contributed by atoms with van der Waals surface area (Å²) in [6, 6.07) is 23.9. The average Bonchev–Trinajstić information content (AvgIpc) is 4.55. The van der Waals surface area contributed by atoms with Gasteiger partial charge in [0.25, 0.3) is 0 Å². The van der Waals surface area contributed by atoms with Gasteiger partial charge < -0.3 is 0 Å². The van der Waals surface area contributed by atoms with Crippen molar-refractivity contribution < 1.29 is 0 Å². The number of hydrogen-bond acceptors (Lipinski definition) is 0. The van der Waals surface area contributed by atoms with Gasteiger partial charge in [-0.3, -0.25) is 0 Å². The second-order valence-electron chi connectivity index (χ2n) is 26.6. The van der Waals surface area contributed by atoms with E-state index in [0.717, 1.165) is 49.4 Å². The Morgan fingerprint density at radius 2 is 1.00 bits per heavy atom. The summed E-state index contributed by atoms with van der Waals surface area (Å²) in [7, 11) is 0. The molecule has 0 spiro atoms. The predicted molar refractivity (Wildman–Crippen MR) is 378 cm³/mol. The zero-order valence-electron chi connectivity index (χ0n) is 55.8. The minimum absolute atomic E-state index is 0.653. The molecule has 0 heteroatoms. The second kappa shape index (κ2) is 33.0. The first kappa shape index (κ1) is 66.3. The van der Waals surface area contributed by atoms with Crippen LogP contribution in [0, 0.1) is 35.5 Å². The normalized spacial score (nSPS) is 19.0. The summed E-state index contributed by atoms with van der Waals surface area (Å²) in [5.74, 6) is 5.07.